The third-order valence-corrected chi connectivity index (χ3v) is 10.0. The van der Waals surface area contributed by atoms with Crippen molar-refractivity contribution in [2.75, 3.05) is 4.90 Å². The zero-order valence-corrected chi connectivity index (χ0v) is 27.3. The maximum atomic E-state index is 6.39. The normalized spacial score (nSPS) is 11.6. The number of benzene rings is 9. The smallest absolute Gasteiger partial charge is 0.137 e. The van der Waals surface area contributed by atoms with Crippen LogP contribution in [-0.2, 0) is 0 Å². The van der Waals surface area contributed by atoms with Gasteiger partial charge in [-0.05, 0) is 91.6 Å². The molecule has 0 atom stereocenters. The molecule has 0 aliphatic carbocycles. The molecule has 2 heteroatoms. The van der Waals surface area contributed by atoms with E-state index >= 15 is 0 Å². The molecule has 0 saturated heterocycles. The second-order valence-electron chi connectivity index (χ2n) is 12.9. The topological polar surface area (TPSA) is 16.4 Å². The Morgan fingerprint density at radius 1 is 0.320 bits per heavy atom. The van der Waals surface area contributed by atoms with E-state index in [1.54, 1.807) is 0 Å². The van der Waals surface area contributed by atoms with E-state index in [-0.39, 0.29) is 0 Å². The van der Waals surface area contributed by atoms with Gasteiger partial charge in [0, 0.05) is 16.5 Å². The summed E-state index contributed by atoms with van der Waals surface area (Å²) in [6, 6.07) is 67.6. The van der Waals surface area contributed by atoms with Crippen LogP contribution in [0, 0.1) is 0 Å². The van der Waals surface area contributed by atoms with Crippen LogP contribution in [0.25, 0.3) is 76.5 Å². The van der Waals surface area contributed by atoms with Crippen molar-refractivity contribution < 1.29 is 4.42 Å². The quantitative estimate of drug-likeness (QED) is 0.175. The molecule has 0 bridgehead atoms. The molecule has 0 saturated carbocycles. The van der Waals surface area contributed by atoms with Crippen LogP contribution < -0.4 is 4.90 Å². The average molecular weight is 638 g/mol. The molecule has 0 aliphatic rings. The Balaban J connectivity index is 1.12. The maximum Gasteiger partial charge on any atom is 0.137 e. The van der Waals surface area contributed by atoms with Crippen LogP contribution in [0.1, 0.15) is 0 Å². The lowest BCUT2D eigenvalue weighted by Gasteiger charge is -2.28. The first-order valence-corrected chi connectivity index (χ1v) is 17.1. The molecule has 1 aromatic heterocycles. The maximum absolute atomic E-state index is 6.39. The minimum absolute atomic E-state index is 0.877. The average Bonchev–Trinajstić information content (AvgIpc) is 3.58. The highest BCUT2D eigenvalue weighted by Crippen LogP contribution is 2.46. The van der Waals surface area contributed by atoms with Crippen LogP contribution >= 0.6 is 0 Å². The van der Waals surface area contributed by atoms with Crippen molar-refractivity contribution in [2.24, 2.45) is 0 Å². The van der Waals surface area contributed by atoms with E-state index in [9.17, 15) is 0 Å². The number of rotatable bonds is 5. The molecule has 0 spiro atoms. The predicted octanol–water partition coefficient (Wildman–Crippen LogP) is 13.8. The second-order valence-corrected chi connectivity index (χ2v) is 12.9. The van der Waals surface area contributed by atoms with Gasteiger partial charge in [-0.15, -0.1) is 0 Å². The molecular formula is C48H31NO. The summed E-state index contributed by atoms with van der Waals surface area (Å²) in [5.74, 6) is 0. The van der Waals surface area contributed by atoms with Crippen LogP contribution in [0.2, 0.25) is 0 Å². The molecular weight excluding hydrogens is 607 g/mol. The Morgan fingerprint density at radius 2 is 0.880 bits per heavy atom. The third-order valence-electron chi connectivity index (χ3n) is 10.0. The number of para-hydroxylation sites is 1. The van der Waals surface area contributed by atoms with Gasteiger partial charge in [0.15, 0.2) is 0 Å². The fourth-order valence-corrected chi connectivity index (χ4v) is 7.60. The van der Waals surface area contributed by atoms with Crippen molar-refractivity contribution >= 4 is 71.3 Å². The molecule has 0 N–H and O–H groups in total. The van der Waals surface area contributed by atoms with Crippen molar-refractivity contribution in [2.45, 2.75) is 0 Å². The van der Waals surface area contributed by atoms with Gasteiger partial charge < -0.3 is 9.32 Å². The second kappa shape index (κ2) is 11.5. The lowest BCUT2D eigenvalue weighted by atomic mass is 9.97. The number of furan rings is 1. The SMILES string of the molecule is c1ccc2cc(-c3ccc(-c4ccc(N(c5cc6ccccc6c6ccccc56)c5cccc6oc7ccccc7c56)cc4)cc3)ccc2c1. The van der Waals surface area contributed by atoms with E-state index in [1.807, 2.05) is 6.07 Å². The Bertz CT molecular complexity index is 2860. The van der Waals surface area contributed by atoms with E-state index in [0.717, 1.165) is 39.0 Å². The minimum Gasteiger partial charge on any atom is -0.456 e. The standard InChI is InChI=1S/C48H31NO/c1-2-11-36-30-37(25-24-32(36)10-1)35-22-20-33(21-23-35)34-26-28-39(29-27-34)49(44-17-9-19-47-48(44)43-16-7-8-18-46(43)50-47)45-31-38-12-3-4-13-40(38)41-14-5-6-15-42(41)45/h1-31H. The predicted molar refractivity (Wildman–Crippen MR) is 212 cm³/mol. The van der Waals surface area contributed by atoms with E-state index in [1.165, 1.54) is 54.6 Å². The van der Waals surface area contributed by atoms with Crippen LogP contribution in [-0.4, -0.2) is 0 Å². The molecule has 234 valence electrons. The molecule has 10 aromatic rings. The summed E-state index contributed by atoms with van der Waals surface area (Å²) in [6.45, 7) is 0. The van der Waals surface area contributed by atoms with Crippen LogP contribution in [0.15, 0.2) is 192 Å². The van der Waals surface area contributed by atoms with Crippen molar-refractivity contribution in [3.05, 3.63) is 188 Å². The minimum atomic E-state index is 0.877. The molecule has 0 fully saturated rings. The van der Waals surface area contributed by atoms with Gasteiger partial charge in [-0.1, -0.05) is 146 Å². The summed E-state index contributed by atoms with van der Waals surface area (Å²) in [5.41, 5.74) is 9.86. The Labute approximate surface area is 290 Å². The van der Waals surface area contributed by atoms with Crippen LogP contribution in [0.3, 0.4) is 0 Å². The lowest BCUT2D eigenvalue weighted by Crippen LogP contribution is -2.11. The number of hydrogen-bond acceptors (Lipinski definition) is 2. The molecule has 2 nitrogen and oxygen atoms in total. The highest BCUT2D eigenvalue weighted by molar-refractivity contribution is 6.18. The summed E-state index contributed by atoms with van der Waals surface area (Å²) in [5, 5.41) is 9.62. The fraction of sp³-hybridized carbons (Fsp3) is 0. The summed E-state index contributed by atoms with van der Waals surface area (Å²) in [7, 11) is 0. The van der Waals surface area contributed by atoms with Gasteiger partial charge in [-0.25, -0.2) is 0 Å². The van der Waals surface area contributed by atoms with Crippen LogP contribution in [0.4, 0.5) is 17.1 Å². The third kappa shape index (κ3) is 4.65. The molecule has 1 heterocycles. The van der Waals surface area contributed by atoms with Gasteiger partial charge in [0.2, 0.25) is 0 Å². The lowest BCUT2D eigenvalue weighted by molar-refractivity contribution is 0.669. The molecule has 0 unspecified atom stereocenters. The summed E-state index contributed by atoms with van der Waals surface area (Å²) < 4.78 is 6.39. The number of hydrogen-bond donors (Lipinski definition) is 0. The first-order chi connectivity index (χ1) is 24.8. The zero-order chi connectivity index (χ0) is 33.0. The highest BCUT2D eigenvalue weighted by atomic mass is 16.3. The highest BCUT2D eigenvalue weighted by Gasteiger charge is 2.22. The molecule has 0 amide bonds. The molecule has 0 aliphatic heterocycles. The van der Waals surface area contributed by atoms with E-state index in [0.29, 0.717) is 0 Å². The molecule has 9 aromatic carbocycles. The van der Waals surface area contributed by atoms with Gasteiger partial charge in [0.1, 0.15) is 11.2 Å². The van der Waals surface area contributed by atoms with Gasteiger partial charge in [-0.3, -0.25) is 0 Å². The molecule has 10 rings (SSSR count). The van der Waals surface area contributed by atoms with Crippen LogP contribution in [0.5, 0.6) is 0 Å². The van der Waals surface area contributed by atoms with Crippen molar-refractivity contribution in [1.82, 2.24) is 0 Å². The Morgan fingerprint density at radius 3 is 1.66 bits per heavy atom. The number of fused-ring (bicyclic) bond motifs is 7. The number of anilines is 3. The fourth-order valence-electron chi connectivity index (χ4n) is 7.60. The number of nitrogens with zero attached hydrogens (tertiary/aromatic N) is 1. The first-order valence-electron chi connectivity index (χ1n) is 17.1. The van der Waals surface area contributed by atoms with Crippen molar-refractivity contribution in [1.29, 1.82) is 0 Å². The first kappa shape index (κ1) is 28.4. The van der Waals surface area contributed by atoms with Gasteiger partial charge >= 0.3 is 0 Å². The van der Waals surface area contributed by atoms with Gasteiger partial charge in [-0.2, -0.15) is 0 Å². The van der Waals surface area contributed by atoms with E-state index in [4.69, 9.17) is 4.42 Å². The monoisotopic (exact) mass is 637 g/mol. The summed E-state index contributed by atoms with van der Waals surface area (Å²) >= 11 is 0. The summed E-state index contributed by atoms with van der Waals surface area (Å²) in [6.07, 6.45) is 0. The summed E-state index contributed by atoms with van der Waals surface area (Å²) in [4.78, 5) is 2.41. The Kier molecular flexibility index (Phi) is 6.53. The molecule has 50 heavy (non-hydrogen) atoms. The Hall–Kier alpha value is -6.64. The largest absolute Gasteiger partial charge is 0.456 e. The van der Waals surface area contributed by atoms with E-state index < -0.39 is 0 Å². The van der Waals surface area contributed by atoms with Gasteiger partial charge in [0.05, 0.1) is 16.8 Å². The zero-order valence-electron chi connectivity index (χ0n) is 27.3. The van der Waals surface area contributed by atoms with Crippen molar-refractivity contribution in [3.8, 4) is 22.3 Å². The van der Waals surface area contributed by atoms with E-state index in [2.05, 4.69) is 187 Å². The van der Waals surface area contributed by atoms with Gasteiger partial charge in [0.25, 0.3) is 0 Å². The van der Waals surface area contributed by atoms with Crippen molar-refractivity contribution in [3.63, 3.8) is 0 Å². The molecule has 0 radical (unpaired) electrons.